The number of halogens is 5. The van der Waals surface area contributed by atoms with Gasteiger partial charge < -0.3 is 20.4 Å². The fourth-order valence-corrected chi connectivity index (χ4v) is 3.88. The third kappa shape index (κ3) is 6.35. The summed E-state index contributed by atoms with van der Waals surface area (Å²) >= 11 is 0. The van der Waals surface area contributed by atoms with Crippen LogP contribution in [-0.2, 0) is 25.7 Å². The molecule has 13 heteroatoms. The molecule has 0 aromatic heterocycles. The molecule has 0 fully saturated rings. The molecule has 2 aromatic rings. The number of nitrogens with one attached hydrogen (secondary N) is 2. The highest BCUT2D eigenvalue weighted by Gasteiger charge is 2.57. The molecule has 0 saturated heterocycles. The van der Waals surface area contributed by atoms with Gasteiger partial charge in [0.2, 0.25) is 17.7 Å². The predicted molar refractivity (Wildman–Crippen MR) is 132 cm³/mol. The van der Waals surface area contributed by atoms with E-state index in [0.29, 0.717) is 11.4 Å². The zero-order chi connectivity index (χ0) is 29.2. The maximum atomic E-state index is 13.7. The van der Waals surface area contributed by atoms with Gasteiger partial charge in [0.05, 0.1) is 31.0 Å². The second-order valence-corrected chi connectivity index (χ2v) is 9.56. The first kappa shape index (κ1) is 29.5. The average molecular weight is 555 g/mol. The van der Waals surface area contributed by atoms with E-state index < -0.39 is 53.7 Å². The Morgan fingerprint density at radius 1 is 0.897 bits per heavy atom. The number of carbonyl (C=O) groups is 4. The fraction of sp³-hybridized carbons (Fsp3) is 0.385. The third-order valence-corrected chi connectivity index (χ3v) is 6.28. The summed E-state index contributed by atoms with van der Waals surface area (Å²) in [6.07, 6.45) is -5.90. The smallest absolute Gasteiger partial charge is 0.349 e. The lowest BCUT2D eigenvalue weighted by molar-refractivity contribution is -0.278. The van der Waals surface area contributed by atoms with E-state index in [4.69, 9.17) is 0 Å². The number of fused-ring (bicyclic) bond motifs is 1. The van der Waals surface area contributed by atoms with Crippen LogP contribution in [0.25, 0.3) is 0 Å². The van der Waals surface area contributed by atoms with Gasteiger partial charge in [0.15, 0.2) is 0 Å². The van der Waals surface area contributed by atoms with Crippen molar-refractivity contribution < 1.29 is 41.1 Å². The Balaban J connectivity index is 1.89. The summed E-state index contributed by atoms with van der Waals surface area (Å²) in [6.45, 7) is 1.00. The van der Waals surface area contributed by atoms with Gasteiger partial charge in [-0.2, -0.15) is 22.0 Å². The van der Waals surface area contributed by atoms with Crippen LogP contribution in [0.15, 0.2) is 54.6 Å². The Labute approximate surface area is 221 Å². The molecule has 8 nitrogen and oxygen atoms in total. The molecule has 1 aliphatic heterocycles. The standard InChI is InChI=1S/C26H27F5N4O4/c1-16(36)34-14-18(33-23(39)24(2,3)22(38)32-15-25(27,28)26(29,30)31)21(37)35(13-17-9-5-4-6-10-17)20-12-8-7-11-19(20)34/h4-12,18H,13-15H2,1-3H3,(H,32,38)(H,33,39)/t18-/m0/s1. The van der Waals surface area contributed by atoms with E-state index in [1.807, 2.05) is 0 Å². The largest absolute Gasteiger partial charge is 0.455 e. The Morgan fingerprint density at radius 2 is 1.46 bits per heavy atom. The molecule has 4 amide bonds. The van der Waals surface area contributed by atoms with Gasteiger partial charge in [-0.15, -0.1) is 0 Å². The van der Waals surface area contributed by atoms with E-state index in [9.17, 15) is 41.1 Å². The first-order valence-corrected chi connectivity index (χ1v) is 11.8. The average Bonchev–Trinajstić information content (AvgIpc) is 2.98. The van der Waals surface area contributed by atoms with Crippen molar-refractivity contribution in [2.24, 2.45) is 5.41 Å². The Hall–Kier alpha value is -4.03. The molecule has 0 spiro atoms. The van der Waals surface area contributed by atoms with E-state index in [1.54, 1.807) is 54.6 Å². The van der Waals surface area contributed by atoms with Gasteiger partial charge in [0, 0.05) is 6.92 Å². The summed E-state index contributed by atoms with van der Waals surface area (Å²) in [7, 11) is 0. The molecule has 1 atom stereocenters. The summed E-state index contributed by atoms with van der Waals surface area (Å²) < 4.78 is 64.0. The van der Waals surface area contributed by atoms with Crippen LogP contribution >= 0.6 is 0 Å². The highest BCUT2D eigenvalue weighted by molar-refractivity contribution is 6.10. The van der Waals surface area contributed by atoms with Crippen molar-refractivity contribution in [2.75, 3.05) is 22.9 Å². The Kier molecular flexibility index (Phi) is 8.32. The number of hydrogen-bond acceptors (Lipinski definition) is 4. The van der Waals surface area contributed by atoms with Crippen LogP contribution in [-0.4, -0.2) is 54.9 Å². The molecule has 0 saturated carbocycles. The lowest BCUT2D eigenvalue weighted by Gasteiger charge is -2.29. The lowest BCUT2D eigenvalue weighted by Crippen LogP contribution is -2.58. The maximum Gasteiger partial charge on any atom is 0.455 e. The summed E-state index contributed by atoms with van der Waals surface area (Å²) in [4.78, 5) is 54.5. The number of carbonyl (C=O) groups excluding carboxylic acids is 4. The van der Waals surface area contributed by atoms with Crippen molar-refractivity contribution >= 4 is 35.0 Å². The SMILES string of the molecule is CC(=O)N1C[C@H](NC(=O)C(C)(C)C(=O)NCC(F)(F)C(F)(F)F)C(=O)N(Cc2ccccc2)c2ccccc21. The highest BCUT2D eigenvalue weighted by atomic mass is 19.4. The second kappa shape index (κ2) is 11.0. The van der Waals surface area contributed by atoms with Crippen molar-refractivity contribution in [2.45, 2.75) is 45.5 Å². The molecular formula is C26H27F5N4O4. The predicted octanol–water partition coefficient (Wildman–Crippen LogP) is 3.41. The molecular weight excluding hydrogens is 527 g/mol. The van der Waals surface area contributed by atoms with E-state index in [-0.39, 0.29) is 13.1 Å². The molecule has 1 heterocycles. The molecule has 0 radical (unpaired) electrons. The minimum atomic E-state index is -5.90. The third-order valence-electron chi connectivity index (χ3n) is 6.28. The molecule has 0 bridgehead atoms. The number of hydrogen-bond donors (Lipinski definition) is 2. The van der Waals surface area contributed by atoms with Crippen molar-refractivity contribution in [3.8, 4) is 0 Å². The van der Waals surface area contributed by atoms with Crippen LogP contribution in [0.5, 0.6) is 0 Å². The van der Waals surface area contributed by atoms with Crippen molar-refractivity contribution in [1.82, 2.24) is 10.6 Å². The number of amides is 4. The van der Waals surface area contributed by atoms with Gasteiger partial charge >= 0.3 is 12.1 Å². The van der Waals surface area contributed by atoms with Gasteiger partial charge in [-0.25, -0.2) is 0 Å². The number of alkyl halides is 5. The zero-order valence-electron chi connectivity index (χ0n) is 21.3. The number of nitrogens with zero attached hydrogens (tertiary/aromatic N) is 2. The first-order valence-electron chi connectivity index (χ1n) is 11.8. The summed E-state index contributed by atoms with van der Waals surface area (Å²) in [6, 6.07) is 14.1. The van der Waals surface area contributed by atoms with Crippen LogP contribution < -0.4 is 20.4 Å². The van der Waals surface area contributed by atoms with Gasteiger partial charge in [0.1, 0.15) is 11.5 Å². The molecule has 0 unspecified atom stereocenters. The summed E-state index contributed by atoms with van der Waals surface area (Å²) in [5.41, 5.74) is -0.610. The van der Waals surface area contributed by atoms with E-state index >= 15 is 0 Å². The van der Waals surface area contributed by atoms with Crippen LogP contribution in [0, 0.1) is 5.41 Å². The quantitative estimate of drug-likeness (QED) is 0.405. The van der Waals surface area contributed by atoms with Crippen molar-refractivity contribution in [1.29, 1.82) is 0 Å². The van der Waals surface area contributed by atoms with Gasteiger partial charge in [-0.05, 0) is 31.5 Å². The lowest BCUT2D eigenvalue weighted by atomic mass is 9.90. The fourth-order valence-electron chi connectivity index (χ4n) is 3.88. The molecule has 39 heavy (non-hydrogen) atoms. The molecule has 0 aliphatic carbocycles. The maximum absolute atomic E-state index is 13.7. The minimum absolute atomic E-state index is 0.0746. The Bertz CT molecular complexity index is 1250. The molecule has 210 valence electrons. The van der Waals surface area contributed by atoms with Crippen LogP contribution in [0.4, 0.5) is 33.3 Å². The van der Waals surface area contributed by atoms with E-state index in [2.05, 4.69) is 5.32 Å². The first-order chi connectivity index (χ1) is 18.1. The number of rotatable bonds is 7. The van der Waals surface area contributed by atoms with E-state index in [0.717, 1.165) is 19.4 Å². The van der Waals surface area contributed by atoms with Gasteiger partial charge in [0.25, 0.3) is 5.91 Å². The second-order valence-electron chi connectivity index (χ2n) is 9.56. The molecule has 2 N–H and O–H groups in total. The van der Waals surface area contributed by atoms with Crippen molar-refractivity contribution in [3.05, 3.63) is 60.2 Å². The Morgan fingerprint density at radius 3 is 2.03 bits per heavy atom. The van der Waals surface area contributed by atoms with Crippen LogP contribution in [0.1, 0.15) is 26.3 Å². The normalized spacial score (nSPS) is 16.3. The monoisotopic (exact) mass is 554 g/mol. The highest BCUT2D eigenvalue weighted by Crippen LogP contribution is 2.36. The zero-order valence-corrected chi connectivity index (χ0v) is 21.3. The molecule has 2 aromatic carbocycles. The van der Waals surface area contributed by atoms with E-state index in [1.165, 1.54) is 22.0 Å². The topological polar surface area (TPSA) is 98.8 Å². The summed E-state index contributed by atoms with van der Waals surface area (Å²) in [5, 5.41) is 3.86. The number of para-hydroxylation sites is 2. The number of anilines is 2. The summed E-state index contributed by atoms with van der Waals surface area (Å²) in [5.74, 6) is -8.79. The molecule has 1 aliphatic rings. The van der Waals surface area contributed by atoms with Gasteiger partial charge in [-0.3, -0.25) is 19.2 Å². The van der Waals surface area contributed by atoms with Crippen LogP contribution in [0.3, 0.4) is 0 Å². The molecule has 3 rings (SSSR count). The van der Waals surface area contributed by atoms with Crippen molar-refractivity contribution in [3.63, 3.8) is 0 Å². The van der Waals surface area contributed by atoms with Gasteiger partial charge in [-0.1, -0.05) is 42.5 Å². The minimum Gasteiger partial charge on any atom is -0.349 e. The number of benzene rings is 2. The van der Waals surface area contributed by atoms with Crippen LogP contribution in [0.2, 0.25) is 0 Å².